The first-order valence-electron chi connectivity index (χ1n) is 7.34. The van der Waals surface area contributed by atoms with Gasteiger partial charge in [-0.3, -0.25) is 4.79 Å². The molecule has 0 saturated carbocycles. The lowest BCUT2D eigenvalue weighted by molar-refractivity contribution is -0.126. The van der Waals surface area contributed by atoms with Crippen LogP contribution in [0.1, 0.15) is 12.5 Å². The molecule has 0 saturated heterocycles. The molecule has 0 fully saturated rings. The molecule has 0 unspecified atom stereocenters. The Morgan fingerprint density at radius 3 is 2.73 bits per heavy atom. The van der Waals surface area contributed by atoms with Crippen molar-refractivity contribution < 1.29 is 14.3 Å². The Bertz CT molecular complexity index is 637. The molecule has 1 aromatic rings. The molecule has 3 rings (SSSR count). The smallest absolute Gasteiger partial charge is 0.319 e. The van der Waals surface area contributed by atoms with Crippen LogP contribution in [0.3, 0.4) is 0 Å². The maximum atomic E-state index is 12.4. The van der Waals surface area contributed by atoms with Gasteiger partial charge in [0.2, 0.25) is 0 Å². The lowest BCUT2D eigenvalue weighted by atomic mass is 10.1. The van der Waals surface area contributed by atoms with Crippen LogP contribution in [0.15, 0.2) is 35.5 Å². The maximum Gasteiger partial charge on any atom is 0.319 e. The number of urea groups is 1. The molecule has 2 N–H and O–H groups in total. The molecule has 0 spiro atoms. The van der Waals surface area contributed by atoms with E-state index in [0.29, 0.717) is 31.0 Å². The van der Waals surface area contributed by atoms with Gasteiger partial charge in [0.25, 0.3) is 5.91 Å². The zero-order valence-electron chi connectivity index (χ0n) is 12.7. The van der Waals surface area contributed by atoms with Crippen molar-refractivity contribution >= 4 is 11.9 Å². The molecule has 3 amide bonds. The summed E-state index contributed by atoms with van der Waals surface area (Å²) >= 11 is 0. The standard InChI is InChI=1S/C16H19N3O3/c1-10-3-5-12(6-4-10)22-8-7-19-9-13-14(15(19)20)11(2)17-16(21)18-13/h3-6,11H,7-9H2,1-2H3,(H2,17,18,21)/t11-/m1/s1. The van der Waals surface area contributed by atoms with E-state index in [4.69, 9.17) is 4.74 Å². The highest BCUT2D eigenvalue weighted by molar-refractivity contribution is 6.01. The molecule has 116 valence electrons. The zero-order chi connectivity index (χ0) is 15.7. The third-order valence-corrected chi connectivity index (χ3v) is 3.89. The van der Waals surface area contributed by atoms with Gasteiger partial charge in [0.1, 0.15) is 12.4 Å². The number of aryl methyl sites for hydroxylation is 1. The van der Waals surface area contributed by atoms with Gasteiger partial charge in [-0.25, -0.2) is 4.79 Å². The Balaban J connectivity index is 1.56. The second-order valence-electron chi connectivity index (χ2n) is 5.60. The summed E-state index contributed by atoms with van der Waals surface area (Å²) < 4.78 is 5.66. The van der Waals surface area contributed by atoms with E-state index in [2.05, 4.69) is 10.6 Å². The highest BCUT2D eigenvalue weighted by Crippen LogP contribution is 2.22. The van der Waals surface area contributed by atoms with Crippen LogP contribution >= 0.6 is 0 Å². The normalized spacial score (nSPS) is 20.6. The van der Waals surface area contributed by atoms with Gasteiger partial charge in [-0.1, -0.05) is 17.7 Å². The number of carbonyl (C=O) groups is 2. The molecule has 6 heteroatoms. The Hall–Kier alpha value is -2.50. The monoisotopic (exact) mass is 301 g/mol. The van der Waals surface area contributed by atoms with Gasteiger partial charge < -0.3 is 20.3 Å². The lowest BCUT2D eigenvalue weighted by Gasteiger charge is -2.21. The van der Waals surface area contributed by atoms with Crippen LogP contribution < -0.4 is 15.4 Å². The minimum atomic E-state index is -0.253. The number of hydrogen-bond donors (Lipinski definition) is 2. The molecular formula is C16H19N3O3. The molecule has 0 radical (unpaired) electrons. The fraction of sp³-hybridized carbons (Fsp3) is 0.375. The Morgan fingerprint density at radius 2 is 2.00 bits per heavy atom. The van der Waals surface area contributed by atoms with Crippen LogP contribution in [0.4, 0.5) is 4.79 Å². The van der Waals surface area contributed by atoms with Crippen molar-refractivity contribution in [3.63, 3.8) is 0 Å². The highest BCUT2D eigenvalue weighted by Gasteiger charge is 2.37. The first-order valence-corrected chi connectivity index (χ1v) is 7.34. The summed E-state index contributed by atoms with van der Waals surface area (Å²) in [6.45, 7) is 5.18. The van der Waals surface area contributed by atoms with Crippen molar-refractivity contribution in [1.82, 2.24) is 15.5 Å². The number of amides is 3. The molecule has 0 bridgehead atoms. The van der Waals surface area contributed by atoms with Crippen LogP contribution in [-0.2, 0) is 4.79 Å². The molecule has 0 aromatic heterocycles. The van der Waals surface area contributed by atoms with Gasteiger partial charge in [0.15, 0.2) is 0 Å². The van der Waals surface area contributed by atoms with E-state index in [-0.39, 0.29) is 18.0 Å². The predicted octanol–water partition coefficient (Wildman–Crippen LogP) is 1.17. The van der Waals surface area contributed by atoms with Gasteiger partial charge in [0, 0.05) is 5.70 Å². The second kappa shape index (κ2) is 5.71. The van der Waals surface area contributed by atoms with Gasteiger partial charge in [-0.2, -0.15) is 0 Å². The quantitative estimate of drug-likeness (QED) is 0.877. The van der Waals surface area contributed by atoms with Crippen LogP contribution in [-0.4, -0.2) is 42.6 Å². The zero-order valence-corrected chi connectivity index (χ0v) is 12.7. The summed E-state index contributed by atoms with van der Waals surface area (Å²) in [6, 6.07) is 7.29. The summed E-state index contributed by atoms with van der Waals surface area (Å²) in [4.78, 5) is 25.5. The number of nitrogens with zero attached hydrogens (tertiary/aromatic N) is 1. The first kappa shape index (κ1) is 14.4. The highest BCUT2D eigenvalue weighted by atomic mass is 16.5. The van der Waals surface area contributed by atoms with Gasteiger partial charge in [-0.15, -0.1) is 0 Å². The van der Waals surface area contributed by atoms with Gasteiger partial charge in [0.05, 0.1) is 24.7 Å². The molecule has 1 atom stereocenters. The third-order valence-electron chi connectivity index (χ3n) is 3.89. The molecule has 2 aliphatic rings. The summed E-state index contributed by atoms with van der Waals surface area (Å²) in [5.74, 6) is 0.751. The maximum absolute atomic E-state index is 12.4. The molecule has 6 nitrogen and oxygen atoms in total. The van der Waals surface area contributed by atoms with E-state index in [1.165, 1.54) is 5.56 Å². The summed E-state index contributed by atoms with van der Waals surface area (Å²) in [5.41, 5.74) is 2.53. The number of hydrogen-bond acceptors (Lipinski definition) is 3. The predicted molar refractivity (Wildman–Crippen MR) is 81.4 cm³/mol. The Morgan fingerprint density at radius 1 is 1.27 bits per heavy atom. The van der Waals surface area contributed by atoms with Crippen LogP contribution in [0.5, 0.6) is 5.75 Å². The number of rotatable bonds is 4. The minimum absolute atomic E-state index is 0.0393. The number of ether oxygens (including phenoxy) is 1. The van der Waals surface area contributed by atoms with Crippen molar-refractivity contribution in [2.45, 2.75) is 19.9 Å². The molecule has 1 aromatic carbocycles. The molecule has 2 heterocycles. The summed E-state index contributed by atoms with van der Waals surface area (Å²) in [7, 11) is 0. The van der Waals surface area contributed by atoms with Crippen molar-refractivity contribution in [2.24, 2.45) is 0 Å². The lowest BCUT2D eigenvalue weighted by Crippen LogP contribution is -2.47. The molecule has 0 aliphatic carbocycles. The van der Waals surface area contributed by atoms with Crippen LogP contribution in [0, 0.1) is 6.92 Å². The van der Waals surface area contributed by atoms with E-state index in [1.807, 2.05) is 38.1 Å². The van der Waals surface area contributed by atoms with Crippen LogP contribution in [0.2, 0.25) is 0 Å². The number of nitrogens with one attached hydrogen (secondary N) is 2. The average molecular weight is 301 g/mol. The molecule has 2 aliphatic heterocycles. The number of carbonyl (C=O) groups excluding carboxylic acids is 2. The van der Waals surface area contributed by atoms with Gasteiger partial charge >= 0.3 is 6.03 Å². The van der Waals surface area contributed by atoms with E-state index in [1.54, 1.807) is 4.90 Å². The number of benzene rings is 1. The Labute approximate surface area is 129 Å². The summed E-state index contributed by atoms with van der Waals surface area (Å²) in [6.07, 6.45) is 0. The first-order chi connectivity index (χ1) is 10.5. The van der Waals surface area contributed by atoms with Crippen molar-refractivity contribution in [1.29, 1.82) is 0 Å². The SMILES string of the molecule is Cc1ccc(OCCN2CC3=C(C2=O)[C@@H](C)NC(=O)N3)cc1. The van der Waals surface area contributed by atoms with Crippen molar-refractivity contribution in [2.75, 3.05) is 19.7 Å². The largest absolute Gasteiger partial charge is 0.492 e. The third kappa shape index (κ3) is 2.77. The Kier molecular flexibility index (Phi) is 3.75. The molecule has 22 heavy (non-hydrogen) atoms. The van der Waals surface area contributed by atoms with E-state index < -0.39 is 0 Å². The van der Waals surface area contributed by atoms with Crippen LogP contribution in [0.25, 0.3) is 0 Å². The van der Waals surface area contributed by atoms with Crippen molar-refractivity contribution in [3.8, 4) is 5.75 Å². The second-order valence-corrected chi connectivity index (χ2v) is 5.60. The topological polar surface area (TPSA) is 70.7 Å². The fourth-order valence-corrected chi connectivity index (χ4v) is 2.73. The molecular weight excluding hydrogens is 282 g/mol. The van der Waals surface area contributed by atoms with E-state index in [9.17, 15) is 9.59 Å². The average Bonchev–Trinajstić information content (AvgIpc) is 2.77. The van der Waals surface area contributed by atoms with Gasteiger partial charge in [-0.05, 0) is 26.0 Å². The fourth-order valence-electron chi connectivity index (χ4n) is 2.73. The van der Waals surface area contributed by atoms with E-state index >= 15 is 0 Å². The minimum Gasteiger partial charge on any atom is -0.492 e. The van der Waals surface area contributed by atoms with E-state index in [0.717, 1.165) is 5.75 Å². The van der Waals surface area contributed by atoms with Crippen molar-refractivity contribution in [3.05, 3.63) is 41.1 Å². The summed E-state index contributed by atoms with van der Waals surface area (Å²) in [5, 5.41) is 5.41.